The lowest BCUT2D eigenvalue weighted by Crippen LogP contribution is -2.17. The van der Waals surface area contributed by atoms with Gasteiger partial charge in [-0.1, -0.05) is 42.0 Å². The third-order valence-corrected chi connectivity index (χ3v) is 4.61. The van der Waals surface area contributed by atoms with Gasteiger partial charge in [0.25, 0.3) is 5.91 Å². The highest BCUT2D eigenvalue weighted by Crippen LogP contribution is 2.32. The Morgan fingerprint density at radius 2 is 1.61 bits per heavy atom. The molecule has 0 heterocycles. The van der Waals surface area contributed by atoms with E-state index in [-0.39, 0.29) is 23.4 Å². The zero-order valence-electron chi connectivity index (χ0n) is 16.9. The SMILES string of the molecule is CCOC(=O)c1cc(C)ccc1NC(=O)c1ccccc1-c1ccc(C(F)(F)F)cc1. The van der Waals surface area contributed by atoms with E-state index in [0.29, 0.717) is 11.1 Å². The first kappa shape index (κ1) is 22.1. The molecule has 1 amide bonds. The fourth-order valence-corrected chi connectivity index (χ4v) is 3.11. The van der Waals surface area contributed by atoms with Crippen LogP contribution in [-0.2, 0) is 10.9 Å². The summed E-state index contributed by atoms with van der Waals surface area (Å²) in [6.07, 6.45) is -4.44. The maximum atomic E-state index is 13.0. The molecule has 4 nitrogen and oxygen atoms in total. The molecule has 7 heteroatoms. The summed E-state index contributed by atoms with van der Waals surface area (Å²) in [5, 5.41) is 2.72. The van der Waals surface area contributed by atoms with Crippen molar-refractivity contribution in [2.75, 3.05) is 11.9 Å². The summed E-state index contributed by atoms with van der Waals surface area (Å²) in [5.41, 5.74) is 1.77. The molecule has 0 fully saturated rings. The van der Waals surface area contributed by atoms with E-state index in [1.165, 1.54) is 12.1 Å². The van der Waals surface area contributed by atoms with E-state index in [9.17, 15) is 22.8 Å². The molecule has 160 valence electrons. The molecule has 1 N–H and O–H groups in total. The number of carbonyl (C=O) groups is 2. The molecule has 0 bridgehead atoms. The van der Waals surface area contributed by atoms with Gasteiger partial charge in [-0.05, 0) is 55.3 Å². The second-order valence-corrected chi connectivity index (χ2v) is 6.84. The summed E-state index contributed by atoms with van der Waals surface area (Å²) < 4.78 is 43.6. The minimum atomic E-state index is -4.44. The number of anilines is 1. The van der Waals surface area contributed by atoms with Crippen molar-refractivity contribution in [1.29, 1.82) is 0 Å². The first-order chi connectivity index (χ1) is 14.7. The summed E-state index contributed by atoms with van der Waals surface area (Å²) >= 11 is 0. The van der Waals surface area contributed by atoms with Crippen molar-refractivity contribution < 1.29 is 27.5 Å². The average molecular weight is 427 g/mol. The van der Waals surface area contributed by atoms with E-state index >= 15 is 0 Å². The van der Waals surface area contributed by atoms with Gasteiger partial charge in [-0.2, -0.15) is 13.2 Å². The lowest BCUT2D eigenvalue weighted by Gasteiger charge is -2.14. The normalized spacial score (nSPS) is 11.1. The van der Waals surface area contributed by atoms with Gasteiger partial charge < -0.3 is 10.1 Å². The number of esters is 1. The molecule has 0 aliphatic heterocycles. The van der Waals surface area contributed by atoms with Crippen molar-refractivity contribution in [2.45, 2.75) is 20.0 Å². The Labute approximate surface area is 177 Å². The van der Waals surface area contributed by atoms with Crippen molar-refractivity contribution in [3.8, 4) is 11.1 Å². The number of hydrogen-bond acceptors (Lipinski definition) is 3. The van der Waals surface area contributed by atoms with Crippen LogP contribution < -0.4 is 5.32 Å². The number of ether oxygens (including phenoxy) is 1. The van der Waals surface area contributed by atoms with E-state index in [1.807, 2.05) is 6.92 Å². The monoisotopic (exact) mass is 427 g/mol. The maximum absolute atomic E-state index is 13.0. The van der Waals surface area contributed by atoms with Crippen molar-refractivity contribution in [3.63, 3.8) is 0 Å². The number of nitrogens with one attached hydrogen (secondary N) is 1. The summed E-state index contributed by atoms with van der Waals surface area (Å²) in [4.78, 5) is 25.3. The zero-order valence-corrected chi connectivity index (χ0v) is 16.9. The van der Waals surface area contributed by atoms with Crippen molar-refractivity contribution >= 4 is 17.6 Å². The highest BCUT2D eigenvalue weighted by atomic mass is 19.4. The van der Waals surface area contributed by atoms with Crippen LogP contribution in [0.15, 0.2) is 66.7 Å². The minimum absolute atomic E-state index is 0.191. The van der Waals surface area contributed by atoms with Crippen LogP contribution in [0.4, 0.5) is 18.9 Å². The fourth-order valence-electron chi connectivity index (χ4n) is 3.11. The van der Waals surface area contributed by atoms with Gasteiger partial charge in [0.2, 0.25) is 0 Å². The summed E-state index contributed by atoms with van der Waals surface area (Å²) in [6.45, 7) is 3.69. The number of benzene rings is 3. The highest BCUT2D eigenvalue weighted by molar-refractivity contribution is 6.11. The minimum Gasteiger partial charge on any atom is -0.462 e. The largest absolute Gasteiger partial charge is 0.462 e. The van der Waals surface area contributed by atoms with E-state index in [1.54, 1.807) is 49.4 Å². The first-order valence-electron chi connectivity index (χ1n) is 9.56. The molecule has 0 aliphatic rings. The van der Waals surface area contributed by atoms with E-state index < -0.39 is 23.6 Å². The molecule has 0 atom stereocenters. The second-order valence-electron chi connectivity index (χ2n) is 6.84. The van der Waals surface area contributed by atoms with E-state index in [4.69, 9.17) is 4.74 Å². The number of carbonyl (C=O) groups excluding carboxylic acids is 2. The zero-order chi connectivity index (χ0) is 22.6. The van der Waals surface area contributed by atoms with Crippen LogP contribution in [0.2, 0.25) is 0 Å². The number of rotatable bonds is 5. The Balaban J connectivity index is 1.94. The van der Waals surface area contributed by atoms with Crippen LogP contribution in [0, 0.1) is 6.92 Å². The van der Waals surface area contributed by atoms with Crippen LogP contribution in [0.3, 0.4) is 0 Å². The Kier molecular flexibility index (Phi) is 6.44. The van der Waals surface area contributed by atoms with Crippen LogP contribution in [0.5, 0.6) is 0 Å². The number of amides is 1. The van der Waals surface area contributed by atoms with Crippen molar-refractivity contribution in [1.82, 2.24) is 0 Å². The van der Waals surface area contributed by atoms with Crippen LogP contribution in [0.25, 0.3) is 11.1 Å². The molecule has 3 rings (SSSR count). The van der Waals surface area contributed by atoms with Gasteiger partial charge in [0.1, 0.15) is 0 Å². The molecule has 3 aromatic carbocycles. The second kappa shape index (κ2) is 9.04. The third kappa shape index (κ3) is 5.12. The molecule has 0 saturated carbocycles. The van der Waals surface area contributed by atoms with Gasteiger partial charge in [-0.25, -0.2) is 4.79 Å². The standard InChI is InChI=1S/C24H20F3NO3/c1-3-31-23(30)20-14-15(2)8-13-21(20)28-22(29)19-7-5-4-6-18(19)16-9-11-17(12-10-16)24(25,26)27/h4-14H,3H2,1-2H3,(H,28,29). The molecular weight excluding hydrogens is 407 g/mol. The molecule has 0 saturated heterocycles. The summed E-state index contributed by atoms with van der Waals surface area (Å²) in [6, 6.07) is 16.2. The molecule has 31 heavy (non-hydrogen) atoms. The van der Waals surface area contributed by atoms with E-state index in [2.05, 4.69) is 5.32 Å². The smallest absolute Gasteiger partial charge is 0.416 e. The first-order valence-corrected chi connectivity index (χ1v) is 9.56. The van der Waals surface area contributed by atoms with Crippen molar-refractivity contribution in [3.05, 3.63) is 89.0 Å². The van der Waals surface area contributed by atoms with Crippen molar-refractivity contribution in [2.24, 2.45) is 0 Å². The number of halogens is 3. The van der Waals surface area contributed by atoms with Crippen LogP contribution in [-0.4, -0.2) is 18.5 Å². The van der Waals surface area contributed by atoms with Gasteiger partial charge in [0.15, 0.2) is 0 Å². The fraction of sp³-hybridized carbons (Fsp3) is 0.167. The average Bonchev–Trinajstić information content (AvgIpc) is 2.74. The molecule has 0 unspecified atom stereocenters. The maximum Gasteiger partial charge on any atom is 0.416 e. The lowest BCUT2D eigenvalue weighted by atomic mass is 9.98. The Bertz CT molecular complexity index is 1110. The number of hydrogen-bond donors (Lipinski definition) is 1. The van der Waals surface area contributed by atoms with Gasteiger partial charge in [-0.15, -0.1) is 0 Å². The van der Waals surface area contributed by atoms with Gasteiger partial charge >= 0.3 is 12.1 Å². The predicted octanol–water partition coefficient (Wildman–Crippen LogP) is 6.11. The molecule has 0 radical (unpaired) electrons. The molecule has 3 aromatic rings. The van der Waals surface area contributed by atoms with Gasteiger partial charge in [0.05, 0.1) is 23.4 Å². The molecular formula is C24H20F3NO3. The van der Waals surface area contributed by atoms with Gasteiger partial charge in [-0.3, -0.25) is 4.79 Å². The Morgan fingerprint density at radius 3 is 2.26 bits per heavy atom. The predicted molar refractivity (Wildman–Crippen MR) is 112 cm³/mol. The topological polar surface area (TPSA) is 55.4 Å². The van der Waals surface area contributed by atoms with Crippen LogP contribution >= 0.6 is 0 Å². The van der Waals surface area contributed by atoms with Gasteiger partial charge in [0, 0.05) is 5.56 Å². The molecule has 0 spiro atoms. The molecule has 0 aromatic heterocycles. The Morgan fingerprint density at radius 1 is 0.935 bits per heavy atom. The highest BCUT2D eigenvalue weighted by Gasteiger charge is 2.30. The number of aryl methyl sites for hydroxylation is 1. The summed E-state index contributed by atoms with van der Waals surface area (Å²) in [5.74, 6) is -1.05. The number of alkyl halides is 3. The molecule has 0 aliphatic carbocycles. The van der Waals surface area contributed by atoms with E-state index in [0.717, 1.165) is 17.7 Å². The quantitative estimate of drug-likeness (QED) is 0.500. The lowest BCUT2D eigenvalue weighted by molar-refractivity contribution is -0.137. The van der Waals surface area contributed by atoms with Crippen LogP contribution in [0.1, 0.15) is 38.8 Å². The third-order valence-electron chi connectivity index (χ3n) is 4.61. The summed E-state index contributed by atoms with van der Waals surface area (Å²) in [7, 11) is 0. The Hall–Kier alpha value is -3.61.